The fraction of sp³-hybridized carbons (Fsp3) is 0.444. The summed E-state index contributed by atoms with van der Waals surface area (Å²) in [6, 6.07) is 13.3. The largest absolute Gasteiger partial charge is 0.324 e. The SMILES string of the molecule is Cc1ccc2ccccc2c1C(N)C1CCCCC1. The van der Waals surface area contributed by atoms with E-state index in [-0.39, 0.29) is 6.04 Å². The molecule has 1 aliphatic carbocycles. The highest BCUT2D eigenvalue weighted by molar-refractivity contribution is 5.87. The molecule has 1 atom stereocenters. The van der Waals surface area contributed by atoms with E-state index in [1.165, 1.54) is 54.0 Å². The van der Waals surface area contributed by atoms with Gasteiger partial charge >= 0.3 is 0 Å². The van der Waals surface area contributed by atoms with E-state index in [1.54, 1.807) is 0 Å². The highest BCUT2D eigenvalue weighted by Gasteiger charge is 2.24. The third-order valence-corrected chi connectivity index (χ3v) is 4.68. The van der Waals surface area contributed by atoms with E-state index in [1.807, 2.05) is 0 Å². The summed E-state index contributed by atoms with van der Waals surface area (Å²) in [6.07, 6.45) is 6.68. The lowest BCUT2D eigenvalue weighted by Gasteiger charge is -2.29. The van der Waals surface area contributed by atoms with E-state index in [0.29, 0.717) is 5.92 Å². The molecular formula is C18H23N. The van der Waals surface area contributed by atoms with Crippen LogP contribution in [0.4, 0.5) is 0 Å². The van der Waals surface area contributed by atoms with Crippen molar-refractivity contribution < 1.29 is 0 Å². The molecular weight excluding hydrogens is 230 g/mol. The number of hydrogen-bond acceptors (Lipinski definition) is 1. The minimum Gasteiger partial charge on any atom is -0.324 e. The summed E-state index contributed by atoms with van der Waals surface area (Å²) in [5.74, 6) is 0.665. The highest BCUT2D eigenvalue weighted by Crippen LogP contribution is 2.37. The molecule has 1 nitrogen and oxygen atoms in total. The molecule has 3 rings (SSSR count). The number of fused-ring (bicyclic) bond motifs is 1. The standard InChI is InChI=1S/C18H23N/c1-13-11-12-14-7-5-6-10-16(14)17(13)18(19)15-8-3-2-4-9-15/h5-7,10-12,15,18H,2-4,8-9,19H2,1H3. The molecule has 0 amide bonds. The first kappa shape index (κ1) is 12.7. The van der Waals surface area contributed by atoms with Crippen LogP contribution in [-0.4, -0.2) is 0 Å². The molecule has 100 valence electrons. The lowest BCUT2D eigenvalue weighted by Crippen LogP contribution is -2.24. The molecule has 19 heavy (non-hydrogen) atoms. The quantitative estimate of drug-likeness (QED) is 0.822. The minimum atomic E-state index is 0.200. The van der Waals surface area contributed by atoms with Gasteiger partial charge in [-0.2, -0.15) is 0 Å². The van der Waals surface area contributed by atoms with Crippen molar-refractivity contribution in [1.82, 2.24) is 0 Å². The monoisotopic (exact) mass is 253 g/mol. The molecule has 1 aliphatic rings. The van der Waals surface area contributed by atoms with Crippen LogP contribution in [0.25, 0.3) is 10.8 Å². The third-order valence-electron chi connectivity index (χ3n) is 4.68. The van der Waals surface area contributed by atoms with Crippen LogP contribution < -0.4 is 5.73 Å². The van der Waals surface area contributed by atoms with Crippen molar-refractivity contribution in [3.05, 3.63) is 47.5 Å². The first-order chi connectivity index (χ1) is 9.27. The predicted molar refractivity (Wildman–Crippen MR) is 82.2 cm³/mol. The van der Waals surface area contributed by atoms with Gasteiger partial charge in [0.1, 0.15) is 0 Å². The van der Waals surface area contributed by atoms with Gasteiger partial charge in [0.15, 0.2) is 0 Å². The zero-order valence-corrected chi connectivity index (χ0v) is 11.7. The van der Waals surface area contributed by atoms with Gasteiger partial charge in [-0.3, -0.25) is 0 Å². The first-order valence-corrected chi connectivity index (χ1v) is 7.51. The summed E-state index contributed by atoms with van der Waals surface area (Å²) in [4.78, 5) is 0. The van der Waals surface area contributed by atoms with E-state index in [2.05, 4.69) is 43.3 Å². The molecule has 0 heterocycles. The Bertz CT molecular complexity index is 567. The first-order valence-electron chi connectivity index (χ1n) is 7.51. The van der Waals surface area contributed by atoms with E-state index in [0.717, 1.165) is 0 Å². The Labute approximate surface area is 115 Å². The van der Waals surface area contributed by atoms with Crippen molar-refractivity contribution in [1.29, 1.82) is 0 Å². The molecule has 2 N–H and O–H groups in total. The molecule has 1 saturated carbocycles. The molecule has 1 heteroatoms. The molecule has 0 spiro atoms. The molecule has 0 radical (unpaired) electrons. The van der Waals surface area contributed by atoms with Gasteiger partial charge < -0.3 is 5.73 Å². The van der Waals surface area contributed by atoms with Crippen LogP contribution in [0.1, 0.15) is 49.3 Å². The van der Waals surface area contributed by atoms with Crippen LogP contribution in [0.2, 0.25) is 0 Å². The Morgan fingerprint density at radius 2 is 1.74 bits per heavy atom. The molecule has 1 fully saturated rings. The average molecular weight is 253 g/mol. The zero-order valence-electron chi connectivity index (χ0n) is 11.7. The Balaban J connectivity index is 2.05. The van der Waals surface area contributed by atoms with Gasteiger partial charge in [0.25, 0.3) is 0 Å². The second-order valence-corrected chi connectivity index (χ2v) is 5.94. The summed E-state index contributed by atoms with van der Waals surface area (Å²) in [6.45, 7) is 2.20. The van der Waals surface area contributed by atoms with E-state index >= 15 is 0 Å². The topological polar surface area (TPSA) is 26.0 Å². The number of nitrogens with two attached hydrogens (primary N) is 1. The van der Waals surface area contributed by atoms with Crippen LogP contribution in [0.3, 0.4) is 0 Å². The van der Waals surface area contributed by atoms with Gasteiger partial charge in [-0.1, -0.05) is 55.7 Å². The lowest BCUT2D eigenvalue weighted by atomic mass is 9.79. The number of hydrogen-bond donors (Lipinski definition) is 1. The Kier molecular flexibility index (Phi) is 3.56. The average Bonchev–Trinajstić information content (AvgIpc) is 2.47. The van der Waals surface area contributed by atoms with E-state index < -0.39 is 0 Å². The molecule has 2 aromatic rings. The van der Waals surface area contributed by atoms with E-state index in [9.17, 15) is 0 Å². The Hall–Kier alpha value is -1.34. The molecule has 0 bridgehead atoms. The van der Waals surface area contributed by atoms with Gasteiger partial charge in [0.2, 0.25) is 0 Å². The summed E-state index contributed by atoms with van der Waals surface area (Å²) in [7, 11) is 0. The second kappa shape index (κ2) is 5.34. The van der Waals surface area contributed by atoms with Crippen molar-refractivity contribution in [3.63, 3.8) is 0 Å². The molecule has 1 unspecified atom stereocenters. The zero-order chi connectivity index (χ0) is 13.2. The normalized spacial score (nSPS) is 18.6. The maximum atomic E-state index is 6.64. The van der Waals surface area contributed by atoms with Crippen molar-refractivity contribution in [3.8, 4) is 0 Å². The molecule has 0 aromatic heterocycles. The predicted octanol–water partition coefficient (Wildman–Crippen LogP) is 4.73. The number of rotatable bonds is 2. The fourth-order valence-electron chi connectivity index (χ4n) is 3.58. The number of aryl methyl sites for hydroxylation is 1. The van der Waals surface area contributed by atoms with E-state index in [4.69, 9.17) is 5.73 Å². The van der Waals surface area contributed by atoms with Crippen LogP contribution in [0, 0.1) is 12.8 Å². The van der Waals surface area contributed by atoms with Gasteiger partial charge in [-0.15, -0.1) is 0 Å². The third kappa shape index (κ3) is 2.40. The van der Waals surface area contributed by atoms with Crippen LogP contribution in [0.15, 0.2) is 36.4 Å². The maximum absolute atomic E-state index is 6.64. The van der Waals surface area contributed by atoms with Crippen molar-refractivity contribution in [2.45, 2.75) is 45.1 Å². The summed E-state index contributed by atoms with van der Waals surface area (Å²) in [5, 5.41) is 2.66. The van der Waals surface area contributed by atoms with Gasteiger partial charge in [0.05, 0.1) is 0 Å². The summed E-state index contributed by atoms with van der Waals surface area (Å²) in [5.41, 5.74) is 9.36. The van der Waals surface area contributed by atoms with Crippen molar-refractivity contribution in [2.75, 3.05) is 0 Å². The fourth-order valence-corrected chi connectivity index (χ4v) is 3.58. The summed E-state index contributed by atoms with van der Waals surface area (Å²) < 4.78 is 0. The number of benzene rings is 2. The Morgan fingerprint density at radius 1 is 1.00 bits per heavy atom. The van der Waals surface area contributed by atoms with Gasteiger partial charge in [0, 0.05) is 6.04 Å². The smallest absolute Gasteiger partial charge is 0.0332 e. The molecule has 0 saturated heterocycles. The summed E-state index contributed by atoms with van der Waals surface area (Å²) >= 11 is 0. The van der Waals surface area contributed by atoms with Gasteiger partial charge in [-0.05, 0) is 47.6 Å². The maximum Gasteiger partial charge on any atom is 0.0332 e. The Morgan fingerprint density at radius 3 is 2.53 bits per heavy atom. The second-order valence-electron chi connectivity index (χ2n) is 5.94. The molecule has 0 aliphatic heterocycles. The van der Waals surface area contributed by atoms with Gasteiger partial charge in [-0.25, -0.2) is 0 Å². The lowest BCUT2D eigenvalue weighted by molar-refractivity contribution is 0.309. The molecule has 2 aromatic carbocycles. The van der Waals surface area contributed by atoms with Crippen LogP contribution in [-0.2, 0) is 0 Å². The highest BCUT2D eigenvalue weighted by atomic mass is 14.7. The van der Waals surface area contributed by atoms with Crippen molar-refractivity contribution >= 4 is 10.8 Å². The van der Waals surface area contributed by atoms with Crippen molar-refractivity contribution in [2.24, 2.45) is 11.7 Å². The minimum absolute atomic E-state index is 0.200. The van der Waals surface area contributed by atoms with Crippen LogP contribution in [0.5, 0.6) is 0 Å². The van der Waals surface area contributed by atoms with Crippen LogP contribution >= 0.6 is 0 Å².